The van der Waals surface area contributed by atoms with E-state index in [0.717, 1.165) is 28.8 Å². The Balaban J connectivity index is 1.16. The van der Waals surface area contributed by atoms with Gasteiger partial charge in [-0.1, -0.05) is 62.4 Å². The maximum atomic E-state index is 12.9. The summed E-state index contributed by atoms with van der Waals surface area (Å²) < 4.78 is 12.1. The zero-order chi connectivity index (χ0) is 29.7. The quantitative estimate of drug-likeness (QED) is 0.250. The van der Waals surface area contributed by atoms with Crippen molar-refractivity contribution in [1.82, 2.24) is 15.1 Å². The number of carbonyl (C=O) groups is 2. The van der Waals surface area contributed by atoms with Crippen LogP contribution in [0.15, 0.2) is 83.3 Å². The smallest absolute Gasteiger partial charge is 0.266 e. The van der Waals surface area contributed by atoms with E-state index in [1.54, 1.807) is 29.2 Å². The number of amides is 2. The minimum Gasteiger partial charge on any atom is -0.489 e. The van der Waals surface area contributed by atoms with Gasteiger partial charge in [0.1, 0.15) is 23.7 Å². The van der Waals surface area contributed by atoms with Crippen molar-refractivity contribution in [1.29, 1.82) is 0 Å². The van der Waals surface area contributed by atoms with Crippen LogP contribution in [-0.4, -0.2) is 65.2 Å². The number of nitrogens with zero attached hydrogens (tertiary/aromatic N) is 2. The number of hydrogen-bond acceptors (Lipinski definition) is 7. The van der Waals surface area contributed by atoms with E-state index in [-0.39, 0.29) is 12.5 Å². The number of nitrogens with two attached hydrogens (primary N) is 1. The van der Waals surface area contributed by atoms with E-state index in [1.165, 1.54) is 5.56 Å². The van der Waals surface area contributed by atoms with Gasteiger partial charge in [0, 0.05) is 55.2 Å². The summed E-state index contributed by atoms with van der Waals surface area (Å²) in [4.78, 5) is 29.2. The molecule has 0 radical (unpaired) electrons. The van der Waals surface area contributed by atoms with Crippen molar-refractivity contribution in [2.75, 3.05) is 32.7 Å². The van der Waals surface area contributed by atoms with Gasteiger partial charge >= 0.3 is 0 Å². The summed E-state index contributed by atoms with van der Waals surface area (Å²) in [6.45, 7) is 7.18. The Morgan fingerprint density at radius 2 is 1.64 bits per heavy atom. The van der Waals surface area contributed by atoms with Crippen molar-refractivity contribution in [3.05, 3.63) is 101 Å². The summed E-state index contributed by atoms with van der Waals surface area (Å²) >= 11 is 0. The van der Waals surface area contributed by atoms with Crippen molar-refractivity contribution < 1.29 is 23.8 Å². The Hall–Kier alpha value is -4.18. The number of rotatable bonds is 11. The third-order valence-electron chi connectivity index (χ3n) is 7.79. The van der Waals surface area contributed by atoms with Crippen molar-refractivity contribution in [2.45, 2.75) is 38.6 Å². The van der Waals surface area contributed by atoms with Crippen LogP contribution in [0.1, 0.15) is 47.0 Å². The Morgan fingerprint density at radius 1 is 0.976 bits per heavy atom. The number of nitrogens with one attached hydrogen (secondary N) is 1. The van der Waals surface area contributed by atoms with Crippen molar-refractivity contribution in [2.24, 2.45) is 5.73 Å². The van der Waals surface area contributed by atoms with E-state index in [0.29, 0.717) is 44.1 Å². The van der Waals surface area contributed by atoms with Gasteiger partial charge < -0.3 is 25.3 Å². The SMILES string of the molecule is CC(C)c1oc2ccccc2c1COc1ccc(C(=O)NC[C@](O)(C(N)=O)N2CCN(Cc3ccccc3)CC2)cc1. The first-order chi connectivity index (χ1) is 20.2. The fourth-order valence-electron chi connectivity index (χ4n) is 5.37. The number of piperazine rings is 1. The molecular weight excluding hydrogens is 532 g/mol. The Labute approximate surface area is 245 Å². The Kier molecular flexibility index (Phi) is 8.91. The highest BCUT2D eigenvalue weighted by molar-refractivity contribution is 5.95. The second-order valence-electron chi connectivity index (χ2n) is 11.0. The molecule has 4 N–H and O–H groups in total. The molecule has 4 aromatic rings. The predicted molar refractivity (Wildman–Crippen MR) is 161 cm³/mol. The van der Waals surface area contributed by atoms with Crippen LogP contribution in [0, 0.1) is 0 Å². The average Bonchev–Trinajstić information content (AvgIpc) is 3.39. The molecule has 1 aliphatic rings. The molecular formula is C33H38N4O5. The number of benzene rings is 3. The summed E-state index contributed by atoms with van der Waals surface area (Å²) in [7, 11) is 0. The first-order valence-electron chi connectivity index (χ1n) is 14.3. The zero-order valence-corrected chi connectivity index (χ0v) is 24.1. The number of hydrogen-bond donors (Lipinski definition) is 3. The van der Waals surface area contributed by atoms with E-state index in [9.17, 15) is 14.7 Å². The van der Waals surface area contributed by atoms with Gasteiger partial charge in [-0.3, -0.25) is 19.4 Å². The molecule has 2 heterocycles. The van der Waals surface area contributed by atoms with Crippen LogP contribution in [-0.2, 0) is 17.9 Å². The number of carbonyl (C=O) groups excluding carboxylic acids is 2. The van der Waals surface area contributed by atoms with Crippen LogP contribution in [0.4, 0.5) is 0 Å². The van der Waals surface area contributed by atoms with E-state index >= 15 is 0 Å². The third-order valence-corrected chi connectivity index (χ3v) is 7.79. The standard InChI is InChI=1S/C33H38N4O5/c1-23(2)30-28(27-10-6-7-11-29(27)42-30)21-41-26-14-12-25(13-15-26)31(38)35-22-33(40,32(34)39)37-18-16-36(17-19-37)20-24-8-4-3-5-9-24/h3-15,23,40H,16-22H2,1-2H3,(H2,34,39)(H,35,38)/t33-/m0/s1. The largest absolute Gasteiger partial charge is 0.489 e. The highest BCUT2D eigenvalue weighted by Gasteiger charge is 2.42. The molecule has 1 fully saturated rings. The molecule has 42 heavy (non-hydrogen) atoms. The van der Waals surface area contributed by atoms with Crippen LogP contribution in [0.25, 0.3) is 11.0 Å². The van der Waals surface area contributed by atoms with Crippen molar-refractivity contribution in [3.8, 4) is 5.75 Å². The Bertz CT molecular complexity index is 1510. The van der Waals surface area contributed by atoms with Gasteiger partial charge in [-0.15, -0.1) is 0 Å². The van der Waals surface area contributed by atoms with Crippen molar-refractivity contribution in [3.63, 3.8) is 0 Å². The fraction of sp³-hybridized carbons (Fsp3) is 0.333. The Morgan fingerprint density at radius 3 is 2.31 bits per heavy atom. The second kappa shape index (κ2) is 12.8. The summed E-state index contributed by atoms with van der Waals surface area (Å²) in [5, 5.41) is 14.9. The lowest BCUT2D eigenvalue weighted by Gasteiger charge is -2.42. The van der Waals surface area contributed by atoms with Crippen LogP contribution >= 0.6 is 0 Å². The molecule has 2 amide bonds. The summed E-state index contributed by atoms with van der Waals surface area (Å²) in [6.07, 6.45) is 0. The lowest BCUT2D eigenvalue weighted by Crippen LogP contribution is -2.66. The van der Waals surface area contributed by atoms with Gasteiger partial charge in [-0.2, -0.15) is 0 Å². The number of para-hydroxylation sites is 1. The van der Waals surface area contributed by atoms with E-state index in [4.69, 9.17) is 14.9 Å². The number of furan rings is 1. The highest BCUT2D eigenvalue weighted by Crippen LogP contribution is 2.32. The first kappa shape index (κ1) is 29.3. The number of fused-ring (bicyclic) bond motifs is 1. The molecule has 0 saturated carbocycles. The monoisotopic (exact) mass is 570 g/mol. The van der Waals surface area contributed by atoms with Crippen LogP contribution in [0.5, 0.6) is 5.75 Å². The molecule has 9 nitrogen and oxygen atoms in total. The van der Waals surface area contributed by atoms with Gasteiger partial charge in [0.25, 0.3) is 11.8 Å². The maximum absolute atomic E-state index is 12.9. The number of primary amides is 1. The van der Waals surface area contributed by atoms with Gasteiger partial charge in [0.15, 0.2) is 0 Å². The molecule has 220 valence electrons. The minimum absolute atomic E-state index is 0.208. The minimum atomic E-state index is -1.99. The molecule has 9 heteroatoms. The highest BCUT2D eigenvalue weighted by atomic mass is 16.5. The van der Waals surface area contributed by atoms with Crippen molar-refractivity contribution >= 4 is 22.8 Å². The van der Waals surface area contributed by atoms with E-state index in [1.807, 2.05) is 42.5 Å². The molecule has 1 atom stereocenters. The van der Waals surface area contributed by atoms with Gasteiger partial charge in [0.05, 0.1) is 6.54 Å². The molecule has 1 aromatic heterocycles. The summed E-state index contributed by atoms with van der Waals surface area (Å²) in [5.74, 6) is 0.391. The molecule has 0 bridgehead atoms. The fourth-order valence-corrected chi connectivity index (χ4v) is 5.37. The summed E-state index contributed by atoms with van der Waals surface area (Å²) in [6, 6.07) is 24.8. The molecule has 0 spiro atoms. The second-order valence-corrected chi connectivity index (χ2v) is 11.0. The van der Waals surface area contributed by atoms with Crippen LogP contribution < -0.4 is 15.8 Å². The predicted octanol–water partition coefficient (Wildman–Crippen LogP) is 3.86. The molecule has 1 aliphatic heterocycles. The van der Waals surface area contributed by atoms with Gasteiger partial charge in [-0.05, 0) is 35.9 Å². The lowest BCUT2D eigenvalue weighted by molar-refractivity contribution is -0.163. The molecule has 0 unspecified atom stereocenters. The average molecular weight is 571 g/mol. The maximum Gasteiger partial charge on any atom is 0.266 e. The van der Waals surface area contributed by atoms with Gasteiger partial charge in [-0.25, -0.2) is 0 Å². The number of ether oxygens (including phenoxy) is 1. The topological polar surface area (TPSA) is 121 Å². The van der Waals surface area contributed by atoms with Crippen LogP contribution in [0.2, 0.25) is 0 Å². The normalized spacial score (nSPS) is 15.9. The number of aliphatic hydroxyl groups is 1. The molecule has 5 rings (SSSR count). The lowest BCUT2D eigenvalue weighted by atomic mass is 10.0. The third kappa shape index (κ3) is 6.49. The zero-order valence-electron chi connectivity index (χ0n) is 24.1. The van der Waals surface area contributed by atoms with E-state index < -0.39 is 17.5 Å². The van der Waals surface area contributed by atoms with Crippen LogP contribution in [0.3, 0.4) is 0 Å². The molecule has 0 aliphatic carbocycles. The summed E-state index contributed by atoms with van der Waals surface area (Å²) in [5.41, 5.74) is 7.05. The molecule has 1 saturated heterocycles. The van der Waals surface area contributed by atoms with E-state index in [2.05, 4.69) is 36.2 Å². The van der Waals surface area contributed by atoms with Gasteiger partial charge in [0.2, 0.25) is 5.72 Å². The first-order valence-corrected chi connectivity index (χ1v) is 14.3. The molecule has 3 aromatic carbocycles.